The van der Waals surface area contributed by atoms with Crippen molar-refractivity contribution in [3.8, 4) is 5.75 Å². The van der Waals surface area contributed by atoms with Crippen molar-refractivity contribution in [2.24, 2.45) is 0 Å². The number of carbonyl (C=O) groups excluding carboxylic acids is 1. The standard InChI is InChI=1S/C14H22BO15P3/c1-24-13-12(28-11(16)8-25-9-5-3-2-4-6-9)10(27-14(13)15)7-26-32(20,21)30-33(22,23)29-31(17,18)19/h2-6,10,12-14H,7-8,15H2,1H3,(H,20,21)(H,22,23)(H2,17,18,19). The van der Waals surface area contributed by atoms with Crippen LogP contribution in [0.3, 0.4) is 0 Å². The van der Waals surface area contributed by atoms with Crippen molar-refractivity contribution in [2.75, 3.05) is 20.3 Å². The number of benzene rings is 1. The van der Waals surface area contributed by atoms with Gasteiger partial charge in [-0.15, -0.1) is 0 Å². The minimum atomic E-state index is -5.67. The summed E-state index contributed by atoms with van der Waals surface area (Å²) in [5.74, 6) is -0.398. The van der Waals surface area contributed by atoms with Gasteiger partial charge in [0, 0.05) is 7.11 Å². The highest BCUT2D eigenvalue weighted by atomic mass is 31.3. The smallest absolute Gasteiger partial charge is 0.482 e. The third kappa shape index (κ3) is 9.57. The molecule has 2 rings (SSSR count). The fraction of sp³-hybridized carbons (Fsp3) is 0.500. The zero-order chi connectivity index (χ0) is 24.9. The topological polar surface area (TPSA) is 214 Å². The Balaban J connectivity index is 1.98. The molecule has 33 heavy (non-hydrogen) atoms. The second kappa shape index (κ2) is 11.5. The van der Waals surface area contributed by atoms with Gasteiger partial charge in [0.05, 0.1) is 12.6 Å². The summed E-state index contributed by atoms with van der Waals surface area (Å²) in [6.45, 7) is -1.26. The van der Waals surface area contributed by atoms with Crippen molar-refractivity contribution >= 4 is 37.3 Å². The number of rotatable bonds is 12. The van der Waals surface area contributed by atoms with Crippen LogP contribution in [0, 0.1) is 0 Å². The summed E-state index contributed by atoms with van der Waals surface area (Å²) in [5.41, 5.74) is 0. The van der Waals surface area contributed by atoms with Crippen LogP contribution in [-0.4, -0.2) is 78.0 Å². The van der Waals surface area contributed by atoms with Gasteiger partial charge in [0.15, 0.2) is 12.7 Å². The van der Waals surface area contributed by atoms with Gasteiger partial charge in [-0.3, -0.25) is 4.52 Å². The molecule has 0 radical (unpaired) electrons. The first-order valence-corrected chi connectivity index (χ1v) is 13.6. The molecule has 15 nitrogen and oxygen atoms in total. The van der Waals surface area contributed by atoms with Crippen LogP contribution in [0.4, 0.5) is 0 Å². The van der Waals surface area contributed by atoms with E-state index < -0.39 is 67.0 Å². The molecule has 0 aliphatic carbocycles. The van der Waals surface area contributed by atoms with Gasteiger partial charge in [-0.05, 0) is 12.1 Å². The monoisotopic (exact) mass is 534 g/mol. The van der Waals surface area contributed by atoms with Gasteiger partial charge < -0.3 is 38.5 Å². The molecule has 0 aromatic heterocycles. The molecule has 0 saturated carbocycles. The maximum atomic E-state index is 12.2. The first-order chi connectivity index (χ1) is 15.2. The Bertz CT molecular complexity index is 939. The number of esters is 1. The van der Waals surface area contributed by atoms with Crippen molar-refractivity contribution in [1.29, 1.82) is 0 Å². The number of hydrogen-bond donors (Lipinski definition) is 4. The Morgan fingerprint density at radius 1 is 1.03 bits per heavy atom. The van der Waals surface area contributed by atoms with Crippen LogP contribution in [0.25, 0.3) is 0 Å². The molecule has 1 heterocycles. The van der Waals surface area contributed by atoms with Crippen molar-refractivity contribution in [1.82, 2.24) is 0 Å². The molecule has 0 spiro atoms. The van der Waals surface area contributed by atoms with Crippen molar-refractivity contribution in [3.63, 3.8) is 0 Å². The third-order valence-corrected chi connectivity index (χ3v) is 7.80. The average molecular weight is 534 g/mol. The summed E-state index contributed by atoms with van der Waals surface area (Å²) >= 11 is 0. The lowest BCUT2D eigenvalue weighted by atomic mass is 9.93. The van der Waals surface area contributed by atoms with E-state index in [1.807, 2.05) is 0 Å². The second-order valence-corrected chi connectivity index (χ2v) is 10.9. The van der Waals surface area contributed by atoms with Gasteiger partial charge in [0.2, 0.25) is 0 Å². The van der Waals surface area contributed by atoms with E-state index in [9.17, 15) is 28.3 Å². The van der Waals surface area contributed by atoms with Gasteiger partial charge in [0.25, 0.3) is 0 Å². The zero-order valence-electron chi connectivity index (χ0n) is 17.2. The van der Waals surface area contributed by atoms with E-state index in [1.165, 1.54) is 7.11 Å². The fourth-order valence-electron chi connectivity index (χ4n) is 2.83. The van der Waals surface area contributed by atoms with Gasteiger partial charge in [-0.1, -0.05) is 18.2 Å². The summed E-state index contributed by atoms with van der Waals surface area (Å²) in [7, 11) is -13.7. The predicted molar refractivity (Wildman–Crippen MR) is 110 cm³/mol. The van der Waals surface area contributed by atoms with E-state index in [0.717, 1.165) is 0 Å². The predicted octanol–water partition coefficient (Wildman–Crippen LogP) is -0.307. The van der Waals surface area contributed by atoms with Crippen LogP contribution in [0.15, 0.2) is 30.3 Å². The zero-order valence-corrected chi connectivity index (χ0v) is 19.9. The Morgan fingerprint density at radius 3 is 2.24 bits per heavy atom. The van der Waals surface area contributed by atoms with E-state index in [4.69, 9.17) is 28.7 Å². The Kier molecular flexibility index (Phi) is 9.84. The lowest BCUT2D eigenvalue weighted by molar-refractivity contribution is -0.159. The molecule has 19 heteroatoms. The number of phosphoric ester groups is 1. The summed E-state index contributed by atoms with van der Waals surface area (Å²) in [5, 5.41) is 0. The number of phosphoric acid groups is 3. The third-order valence-electron chi connectivity index (χ3n) is 4.00. The SMILES string of the molecule is BC1OC(COP(=O)(O)OP(=O)(O)OP(=O)(O)O)C(OC(=O)COc2ccccc2)C1OC. The van der Waals surface area contributed by atoms with Crippen LogP contribution in [0.2, 0.25) is 0 Å². The van der Waals surface area contributed by atoms with E-state index in [0.29, 0.717) is 5.75 Å². The van der Waals surface area contributed by atoms with Crippen LogP contribution < -0.4 is 4.74 Å². The highest BCUT2D eigenvalue weighted by molar-refractivity contribution is 7.66. The number of methoxy groups -OCH3 is 1. The molecule has 1 aromatic rings. The number of hydrogen-bond acceptors (Lipinski definition) is 11. The van der Waals surface area contributed by atoms with Gasteiger partial charge in [-0.25, -0.2) is 18.5 Å². The molecule has 0 amide bonds. The highest BCUT2D eigenvalue weighted by Gasteiger charge is 2.47. The molecular weight excluding hydrogens is 512 g/mol. The Hall–Kier alpha value is -1.12. The van der Waals surface area contributed by atoms with Crippen molar-refractivity contribution in [3.05, 3.63) is 30.3 Å². The fourth-order valence-corrected chi connectivity index (χ4v) is 5.86. The van der Waals surface area contributed by atoms with E-state index in [1.54, 1.807) is 38.2 Å². The van der Waals surface area contributed by atoms with Crippen LogP contribution >= 0.6 is 23.5 Å². The minimum Gasteiger partial charge on any atom is -0.482 e. The average Bonchev–Trinajstić information content (AvgIpc) is 2.97. The number of ether oxygens (including phenoxy) is 4. The van der Waals surface area contributed by atoms with E-state index in [2.05, 4.69) is 13.1 Å². The van der Waals surface area contributed by atoms with E-state index >= 15 is 0 Å². The molecule has 186 valence electrons. The van der Waals surface area contributed by atoms with E-state index in [-0.39, 0.29) is 0 Å². The summed E-state index contributed by atoms with van der Waals surface area (Å²) in [6.07, 6.45) is -3.13. The number of para-hydroxylation sites is 1. The molecule has 1 aliphatic rings. The van der Waals surface area contributed by atoms with Crippen LogP contribution in [0.1, 0.15) is 0 Å². The first-order valence-electron chi connectivity index (χ1n) is 9.05. The van der Waals surface area contributed by atoms with Gasteiger partial charge in [-0.2, -0.15) is 8.62 Å². The summed E-state index contributed by atoms with van der Waals surface area (Å²) < 4.78 is 67.2. The molecule has 0 bridgehead atoms. The molecule has 6 unspecified atom stereocenters. The molecule has 6 atom stereocenters. The normalized spacial score (nSPS) is 26.8. The molecule has 1 aromatic carbocycles. The molecular formula is C14H22BO15P3. The minimum absolute atomic E-state index is 0.415. The molecule has 1 fully saturated rings. The molecule has 1 aliphatic heterocycles. The van der Waals surface area contributed by atoms with Crippen molar-refractivity contribution < 1.29 is 70.2 Å². The second-order valence-electron chi connectivity index (χ2n) is 6.52. The maximum absolute atomic E-state index is 12.2. The number of carbonyl (C=O) groups is 1. The maximum Gasteiger partial charge on any atom is 0.490 e. The first kappa shape index (κ1) is 28.1. The highest BCUT2D eigenvalue weighted by Crippen LogP contribution is 2.66. The molecule has 1 saturated heterocycles. The Morgan fingerprint density at radius 2 is 1.67 bits per heavy atom. The van der Waals surface area contributed by atoms with Gasteiger partial charge in [0.1, 0.15) is 25.8 Å². The van der Waals surface area contributed by atoms with Crippen LogP contribution in [-0.2, 0) is 45.8 Å². The van der Waals surface area contributed by atoms with Gasteiger partial charge >= 0.3 is 29.4 Å². The van der Waals surface area contributed by atoms with Crippen LogP contribution in [0.5, 0.6) is 5.75 Å². The largest absolute Gasteiger partial charge is 0.490 e. The quantitative estimate of drug-likeness (QED) is 0.154. The molecule has 4 N–H and O–H groups in total. The Labute approximate surface area is 188 Å². The lowest BCUT2D eigenvalue weighted by Gasteiger charge is -2.23. The summed E-state index contributed by atoms with van der Waals surface area (Å²) in [6, 6.07) is 7.75. The lowest BCUT2D eigenvalue weighted by Crippen LogP contribution is -2.41. The van der Waals surface area contributed by atoms with Crippen molar-refractivity contribution in [2.45, 2.75) is 24.3 Å². The summed E-state index contributed by atoms with van der Waals surface area (Å²) in [4.78, 5) is 48.1.